The van der Waals surface area contributed by atoms with E-state index in [1.54, 1.807) is 38.3 Å². The van der Waals surface area contributed by atoms with Gasteiger partial charge < -0.3 is 16.4 Å². The van der Waals surface area contributed by atoms with E-state index in [4.69, 9.17) is 17.3 Å². The van der Waals surface area contributed by atoms with Gasteiger partial charge in [0.2, 0.25) is 16.0 Å². The lowest BCUT2D eigenvalue weighted by Gasteiger charge is -2.27. The summed E-state index contributed by atoms with van der Waals surface area (Å²) in [6, 6.07) is 0.182. The summed E-state index contributed by atoms with van der Waals surface area (Å²) >= 11 is 6.29. The van der Waals surface area contributed by atoms with Crippen LogP contribution < -0.4 is 16.4 Å². The van der Waals surface area contributed by atoms with Crippen LogP contribution in [0, 0.1) is 11.8 Å². The van der Waals surface area contributed by atoms with E-state index in [2.05, 4.69) is 25.6 Å². The minimum Gasteiger partial charge on any atom is -0.403 e. The summed E-state index contributed by atoms with van der Waals surface area (Å²) in [6.45, 7) is 6.41. The van der Waals surface area contributed by atoms with Gasteiger partial charge in [-0.15, -0.1) is 0 Å². The maximum absolute atomic E-state index is 12.7. The lowest BCUT2D eigenvalue weighted by molar-refractivity contribution is 0.420. The smallest absolute Gasteiger partial charge is 0.229 e. The number of nitrogens with one attached hydrogen (secondary N) is 2. The van der Waals surface area contributed by atoms with Crippen LogP contribution >= 0.6 is 11.6 Å². The number of aliphatic imine (C=N–C) groups is 1. The Morgan fingerprint density at radius 2 is 1.97 bits per heavy atom. The summed E-state index contributed by atoms with van der Waals surface area (Å²) in [5, 5.41) is 6.83. The van der Waals surface area contributed by atoms with Gasteiger partial charge >= 0.3 is 0 Å². The summed E-state index contributed by atoms with van der Waals surface area (Å²) in [4.78, 5) is 12.5. The van der Waals surface area contributed by atoms with E-state index in [-0.39, 0.29) is 6.04 Å². The highest BCUT2D eigenvalue weighted by atomic mass is 35.5. The van der Waals surface area contributed by atoms with E-state index in [0.29, 0.717) is 47.4 Å². The van der Waals surface area contributed by atoms with E-state index in [1.807, 2.05) is 0 Å². The highest BCUT2D eigenvalue weighted by molar-refractivity contribution is 7.90. The molecule has 1 saturated carbocycles. The van der Waals surface area contributed by atoms with Gasteiger partial charge in [-0.05, 0) is 45.4 Å². The molecule has 2 unspecified atom stereocenters. The third kappa shape index (κ3) is 4.70. The van der Waals surface area contributed by atoms with Gasteiger partial charge in [-0.3, -0.25) is 4.99 Å². The van der Waals surface area contributed by atoms with Crippen molar-refractivity contribution in [3.63, 3.8) is 0 Å². The molecular weight excluding hydrogens is 426 g/mol. The van der Waals surface area contributed by atoms with Crippen molar-refractivity contribution in [2.75, 3.05) is 30.8 Å². The maximum atomic E-state index is 12.7. The number of anilines is 2. The number of fused-ring (bicyclic) bond motifs is 1. The average Bonchev–Trinajstić information content (AvgIpc) is 3.22. The molecule has 0 radical (unpaired) electrons. The second-order valence-electron chi connectivity index (χ2n) is 8.79. The van der Waals surface area contributed by atoms with Crippen molar-refractivity contribution in [2.45, 2.75) is 44.4 Å². The van der Waals surface area contributed by atoms with Gasteiger partial charge in [-0.1, -0.05) is 11.6 Å². The Bertz CT molecular complexity index is 929. The average molecular weight is 456 g/mol. The van der Waals surface area contributed by atoms with Gasteiger partial charge in [0.1, 0.15) is 5.02 Å². The molecule has 0 spiro atoms. The number of aromatic nitrogens is 2. The molecule has 1 aliphatic carbocycles. The molecule has 3 rings (SSSR count). The van der Waals surface area contributed by atoms with Crippen LogP contribution in [0.4, 0.5) is 11.8 Å². The molecule has 2 atom stereocenters. The summed E-state index contributed by atoms with van der Waals surface area (Å²) in [5.74, 6) is 1.58. The maximum Gasteiger partial charge on any atom is 0.229 e. The molecule has 30 heavy (non-hydrogen) atoms. The SMILES string of the molecule is CN=CC(=CN)Nc1ncc(Cl)c(NC2CC3CN(S(=O)(=O)C(C)(C)C)CC3C2)n1. The molecule has 1 saturated heterocycles. The number of nitrogens with two attached hydrogens (primary N) is 1. The molecule has 0 bridgehead atoms. The summed E-state index contributed by atoms with van der Waals surface area (Å²) < 4.78 is 26.4. The second-order valence-corrected chi connectivity index (χ2v) is 11.9. The lowest BCUT2D eigenvalue weighted by atomic mass is 10.0. The first-order valence-corrected chi connectivity index (χ1v) is 11.8. The van der Waals surface area contributed by atoms with Crippen molar-refractivity contribution < 1.29 is 8.42 Å². The number of sulfonamides is 1. The zero-order valence-electron chi connectivity index (χ0n) is 17.8. The highest BCUT2D eigenvalue weighted by Gasteiger charge is 2.47. The van der Waals surface area contributed by atoms with E-state index in [0.717, 1.165) is 12.8 Å². The summed E-state index contributed by atoms with van der Waals surface area (Å²) in [7, 11) is -1.64. The van der Waals surface area contributed by atoms with Crippen LogP contribution in [0.25, 0.3) is 0 Å². The van der Waals surface area contributed by atoms with Gasteiger partial charge in [-0.2, -0.15) is 4.98 Å². The molecule has 2 fully saturated rings. The largest absolute Gasteiger partial charge is 0.403 e. The standard InChI is InChI=1S/C19H30ClN7O2S/c1-19(2,3)30(28,29)27-10-12-5-14(6-13(12)11-27)24-17-16(20)9-23-18(26-17)25-15(7-21)8-22-4/h7-9,12-14H,5-6,10-11,21H2,1-4H3,(H2,23,24,25,26). The minimum atomic E-state index is -3.29. The molecule has 4 N–H and O–H groups in total. The highest BCUT2D eigenvalue weighted by Crippen LogP contribution is 2.42. The van der Waals surface area contributed by atoms with Gasteiger partial charge in [-0.25, -0.2) is 17.7 Å². The number of hydrogen-bond donors (Lipinski definition) is 3. The zero-order chi connectivity index (χ0) is 22.1. The Morgan fingerprint density at radius 3 is 2.50 bits per heavy atom. The monoisotopic (exact) mass is 455 g/mol. The number of halogens is 1. The number of allylic oxidation sites excluding steroid dienone is 1. The van der Waals surface area contributed by atoms with Crippen molar-refractivity contribution in [3.05, 3.63) is 23.1 Å². The third-order valence-corrected chi connectivity index (χ3v) is 8.42. The molecule has 11 heteroatoms. The van der Waals surface area contributed by atoms with E-state index in [1.165, 1.54) is 12.4 Å². The van der Waals surface area contributed by atoms with E-state index >= 15 is 0 Å². The first kappa shape index (κ1) is 22.8. The van der Waals surface area contributed by atoms with Gasteiger partial charge in [0.25, 0.3) is 0 Å². The minimum absolute atomic E-state index is 0.182. The van der Waals surface area contributed by atoms with Crippen LogP contribution in [0.2, 0.25) is 5.02 Å². The molecule has 1 aliphatic heterocycles. The van der Waals surface area contributed by atoms with E-state index in [9.17, 15) is 8.42 Å². The van der Waals surface area contributed by atoms with Crippen LogP contribution in [-0.4, -0.2) is 59.8 Å². The molecule has 2 heterocycles. The Labute approximate surface area is 183 Å². The Kier molecular flexibility index (Phi) is 6.59. The van der Waals surface area contributed by atoms with Crippen LogP contribution in [0.15, 0.2) is 23.1 Å². The normalized spacial score (nSPS) is 25.6. The Morgan fingerprint density at radius 1 is 1.33 bits per heavy atom. The quantitative estimate of drug-likeness (QED) is 0.562. The zero-order valence-corrected chi connectivity index (χ0v) is 19.3. The van der Waals surface area contributed by atoms with Crippen LogP contribution in [0.1, 0.15) is 33.6 Å². The van der Waals surface area contributed by atoms with Crippen molar-refractivity contribution >= 4 is 39.6 Å². The predicted octanol–water partition coefficient (Wildman–Crippen LogP) is 2.29. The third-order valence-electron chi connectivity index (χ3n) is 5.62. The molecule has 166 valence electrons. The number of rotatable bonds is 6. The van der Waals surface area contributed by atoms with Crippen LogP contribution in [-0.2, 0) is 10.0 Å². The molecule has 0 amide bonds. The van der Waals surface area contributed by atoms with Gasteiger partial charge in [0.05, 0.1) is 16.6 Å². The van der Waals surface area contributed by atoms with Gasteiger partial charge in [0.15, 0.2) is 5.82 Å². The summed E-state index contributed by atoms with van der Waals surface area (Å²) in [5.41, 5.74) is 6.14. The Balaban J connectivity index is 1.64. The lowest BCUT2D eigenvalue weighted by Crippen LogP contribution is -2.42. The van der Waals surface area contributed by atoms with Crippen molar-refractivity contribution in [3.8, 4) is 0 Å². The van der Waals surface area contributed by atoms with Crippen LogP contribution in [0.3, 0.4) is 0 Å². The Hall–Kier alpha value is -1.91. The fraction of sp³-hybridized carbons (Fsp3) is 0.632. The molecule has 0 aromatic carbocycles. The topological polar surface area (TPSA) is 126 Å². The van der Waals surface area contributed by atoms with Crippen molar-refractivity contribution in [2.24, 2.45) is 22.6 Å². The van der Waals surface area contributed by atoms with Crippen molar-refractivity contribution in [1.82, 2.24) is 14.3 Å². The number of hydrogen-bond acceptors (Lipinski definition) is 8. The molecule has 1 aromatic heterocycles. The van der Waals surface area contributed by atoms with E-state index < -0.39 is 14.8 Å². The second kappa shape index (κ2) is 8.68. The molecule has 2 aliphatic rings. The number of nitrogens with zero attached hydrogens (tertiary/aromatic N) is 4. The molecule has 1 aromatic rings. The fourth-order valence-electron chi connectivity index (χ4n) is 4.07. The van der Waals surface area contributed by atoms with Crippen molar-refractivity contribution in [1.29, 1.82) is 0 Å². The first-order valence-electron chi connectivity index (χ1n) is 9.95. The summed E-state index contributed by atoms with van der Waals surface area (Å²) in [6.07, 6.45) is 6.23. The fourth-order valence-corrected chi connectivity index (χ4v) is 5.76. The molecular formula is C19H30ClN7O2S. The first-order chi connectivity index (χ1) is 14.0. The molecule has 9 nitrogen and oxygen atoms in total. The van der Waals surface area contributed by atoms with Gasteiger partial charge in [0, 0.05) is 38.6 Å². The predicted molar refractivity (Wildman–Crippen MR) is 121 cm³/mol. The van der Waals surface area contributed by atoms with Crippen LogP contribution in [0.5, 0.6) is 0 Å².